The van der Waals surface area contributed by atoms with Gasteiger partial charge in [-0.1, -0.05) is 18.2 Å². The van der Waals surface area contributed by atoms with Crippen LogP contribution in [0.2, 0.25) is 0 Å². The Labute approximate surface area is 101 Å². The number of phenolic OH excluding ortho intramolecular Hbond substituents is 1. The highest BCUT2D eigenvalue weighted by atomic mass is 19.1. The fourth-order valence-electron chi connectivity index (χ4n) is 1.39. The van der Waals surface area contributed by atoms with E-state index < -0.39 is 23.2 Å². The highest BCUT2D eigenvalue weighted by Gasteiger charge is 2.20. The van der Waals surface area contributed by atoms with Gasteiger partial charge in [0.15, 0.2) is 11.5 Å². The fraction of sp³-hybridized carbons (Fsp3) is 0. The summed E-state index contributed by atoms with van der Waals surface area (Å²) in [4.78, 5) is 11.6. The lowest BCUT2D eigenvalue weighted by atomic mass is 10.2. The van der Waals surface area contributed by atoms with Gasteiger partial charge in [-0.2, -0.15) is 0 Å². The molecule has 92 valence electrons. The van der Waals surface area contributed by atoms with E-state index in [1.165, 1.54) is 24.3 Å². The molecule has 0 aliphatic rings. The summed E-state index contributed by atoms with van der Waals surface area (Å²) in [5.41, 5.74) is -0.791. The average Bonchev–Trinajstić information content (AvgIpc) is 2.32. The second kappa shape index (κ2) is 4.83. The molecule has 0 aromatic heterocycles. The number of hydrogen-bond acceptors (Lipinski definition) is 3. The zero-order valence-corrected chi connectivity index (χ0v) is 9.06. The monoisotopic (exact) mass is 250 g/mol. The summed E-state index contributed by atoms with van der Waals surface area (Å²) in [7, 11) is 0. The largest absolute Gasteiger partial charge is 0.504 e. The summed E-state index contributed by atoms with van der Waals surface area (Å²) in [6.07, 6.45) is 0. The Kier molecular flexibility index (Phi) is 3.23. The van der Waals surface area contributed by atoms with E-state index in [-0.39, 0.29) is 11.5 Å². The molecule has 2 aromatic carbocycles. The van der Waals surface area contributed by atoms with Crippen molar-refractivity contribution < 1.29 is 23.4 Å². The minimum absolute atomic E-state index is 0.162. The minimum atomic E-state index is -1.20. The fourth-order valence-corrected chi connectivity index (χ4v) is 1.39. The standard InChI is InChI=1S/C13H8F2O3/c14-8-4-3-5-9(15)12(8)13(17)18-11-7-2-1-6-10(11)16/h1-7,16H. The van der Waals surface area contributed by atoms with E-state index >= 15 is 0 Å². The van der Waals surface area contributed by atoms with Crippen molar-refractivity contribution >= 4 is 5.97 Å². The zero-order chi connectivity index (χ0) is 13.1. The third-order valence-electron chi connectivity index (χ3n) is 2.23. The van der Waals surface area contributed by atoms with Crippen LogP contribution in [0.25, 0.3) is 0 Å². The van der Waals surface area contributed by atoms with Crippen molar-refractivity contribution in [2.45, 2.75) is 0 Å². The maximum absolute atomic E-state index is 13.3. The normalized spacial score (nSPS) is 10.1. The minimum Gasteiger partial charge on any atom is -0.504 e. The van der Waals surface area contributed by atoms with Crippen molar-refractivity contribution in [3.05, 3.63) is 59.7 Å². The molecule has 0 unspecified atom stereocenters. The Morgan fingerprint density at radius 3 is 2.22 bits per heavy atom. The SMILES string of the molecule is O=C(Oc1ccccc1O)c1c(F)cccc1F. The van der Waals surface area contributed by atoms with Crippen LogP contribution in [0.3, 0.4) is 0 Å². The quantitative estimate of drug-likeness (QED) is 0.658. The van der Waals surface area contributed by atoms with E-state index in [1.807, 2.05) is 0 Å². The van der Waals surface area contributed by atoms with Gasteiger partial charge in [0.1, 0.15) is 17.2 Å². The molecule has 0 aliphatic heterocycles. The Morgan fingerprint density at radius 1 is 1.00 bits per heavy atom. The van der Waals surface area contributed by atoms with Gasteiger partial charge < -0.3 is 9.84 Å². The van der Waals surface area contributed by atoms with Gasteiger partial charge in [0.05, 0.1) is 0 Å². The molecule has 0 saturated carbocycles. The molecule has 0 spiro atoms. The van der Waals surface area contributed by atoms with Crippen molar-refractivity contribution in [2.75, 3.05) is 0 Å². The number of carbonyl (C=O) groups excluding carboxylic acids is 1. The Balaban J connectivity index is 2.31. The third kappa shape index (κ3) is 2.29. The van der Waals surface area contributed by atoms with Crippen LogP contribution >= 0.6 is 0 Å². The summed E-state index contributed by atoms with van der Waals surface area (Å²) >= 11 is 0. The topological polar surface area (TPSA) is 46.5 Å². The summed E-state index contributed by atoms with van der Waals surface area (Å²) in [6, 6.07) is 8.68. The molecule has 5 heteroatoms. The van der Waals surface area contributed by atoms with E-state index in [9.17, 15) is 18.7 Å². The number of hydrogen-bond donors (Lipinski definition) is 1. The predicted molar refractivity (Wildman–Crippen MR) is 59.4 cm³/mol. The summed E-state index contributed by atoms with van der Waals surface area (Å²) in [6.45, 7) is 0. The molecule has 0 aliphatic carbocycles. The first-order chi connectivity index (χ1) is 8.59. The Hall–Kier alpha value is -2.43. The van der Waals surface area contributed by atoms with Gasteiger partial charge in [-0.25, -0.2) is 13.6 Å². The van der Waals surface area contributed by atoms with Crippen LogP contribution in [0.4, 0.5) is 8.78 Å². The van der Waals surface area contributed by atoms with E-state index in [0.29, 0.717) is 0 Å². The van der Waals surface area contributed by atoms with Crippen LogP contribution < -0.4 is 4.74 Å². The number of para-hydroxylation sites is 2. The molecule has 0 atom stereocenters. The van der Waals surface area contributed by atoms with Crippen molar-refractivity contribution in [3.8, 4) is 11.5 Å². The van der Waals surface area contributed by atoms with E-state index in [4.69, 9.17) is 4.74 Å². The van der Waals surface area contributed by atoms with Crippen molar-refractivity contribution in [2.24, 2.45) is 0 Å². The van der Waals surface area contributed by atoms with Gasteiger partial charge in [-0.15, -0.1) is 0 Å². The van der Waals surface area contributed by atoms with Crippen LogP contribution in [-0.2, 0) is 0 Å². The molecule has 0 bridgehead atoms. The summed E-state index contributed by atoms with van der Waals surface area (Å²) < 4.78 is 31.3. The van der Waals surface area contributed by atoms with Gasteiger partial charge >= 0.3 is 5.97 Å². The van der Waals surface area contributed by atoms with Crippen LogP contribution in [0.15, 0.2) is 42.5 Å². The Bertz CT molecular complexity index is 576. The number of phenols is 1. The number of carbonyl (C=O) groups is 1. The number of esters is 1. The lowest BCUT2D eigenvalue weighted by Crippen LogP contribution is -2.13. The molecule has 0 heterocycles. The van der Waals surface area contributed by atoms with Gasteiger partial charge in [-0.05, 0) is 24.3 Å². The smallest absolute Gasteiger partial charge is 0.349 e. The predicted octanol–water partition coefficient (Wildman–Crippen LogP) is 2.89. The lowest BCUT2D eigenvalue weighted by molar-refractivity contribution is 0.0719. The number of rotatable bonds is 2. The number of aromatic hydroxyl groups is 1. The van der Waals surface area contributed by atoms with Gasteiger partial charge in [0, 0.05) is 0 Å². The van der Waals surface area contributed by atoms with E-state index in [1.54, 1.807) is 0 Å². The molecule has 0 fully saturated rings. The summed E-state index contributed by atoms with van der Waals surface area (Å²) in [5, 5.41) is 9.38. The average molecular weight is 250 g/mol. The summed E-state index contributed by atoms with van der Waals surface area (Å²) in [5.74, 6) is -3.69. The molecule has 0 saturated heterocycles. The molecule has 0 amide bonds. The molecule has 3 nitrogen and oxygen atoms in total. The van der Waals surface area contributed by atoms with Crippen LogP contribution in [0.5, 0.6) is 11.5 Å². The molecular formula is C13H8F2O3. The first-order valence-corrected chi connectivity index (χ1v) is 5.04. The molecular weight excluding hydrogens is 242 g/mol. The first-order valence-electron chi connectivity index (χ1n) is 5.04. The maximum atomic E-state index is 13.3. The number of halogens is 2. The zero-order valence-electron chi connectivity index (χ0n) is 9.06. The van der Waals surface area contributed by atoms with Crippen LogP contribution in [0.1, 0.15) is 10.4 Å². The number of ether oxygens (including phenoxy) is 1. The van der Waals surface area contributed by atoms with Crippen molar-refractivity contribution in [1.82, 2.24) is 0 Å². The highest BCUT2D eigenvalue weighted by molar-refractivity contribution is 5.91. The molecule has 2 rings (SSSR count). The molecule has 1 N–H and O–H groups in total. The van der Waals surface area contributed by atoms with E-state index in [2.05, 4.69) is 0 Å². The third-order valence-corrected chi connectivity index (χ3v) is 2.23. The maximum Gasteiger partial charge on any atom is 0.349 e. The second-order valence-corrected chi connectivity index (χ2v) is 3.45. The molecule has 2 aromatic rings. The van der Waals surface area contributed by atoms with Gasteiger partial charge in [0.25, 0.3) is 0 Å². The van der Waals surface area contributed by atoms with Crippen LogP contribution in [-0.4, -0.2) is 11.1 Å². The van der Waals surface area contributed by atoms with E-state index in [0.717, 1.165) is 18.2 Å². The van der Waals surface area contributed by atoms with Crippen molar-refractivity contribution in [3.63, 3.8) is 0 Å². The van der Waals surface area contributed by atoms with Gasteiger partial charge in [-0.3, -0.25) is 0 Å². The lowest BCUT2D eigenvalue weighted by Gasteiger charge is -2.07. The second-order valence-electron chi connectivity index (χ2n) is 3.45. The Morgan fingerprint density at radius 2 is 1.61 bits per heavy atom. The first kappa shape index (κ1) is 12.0. The van der Waals surface area contributed by atoms with Crippen LogP contribution in [0, 0.1) is 11.6 Å². The van der Waals surface area contributed by atoms with Crippen molar-refractivity contribution in [1.29, 1.82) is 0 Å². The molecule has 0 radical (unpaired) electrons. The number of benzene rings is 2. The highest BCUT2D eigenvalue weighted by Crippen LogP contribution is 2.26. The van der Waals surface area contributed by atoms with Gasteiger partial charge in [0.2, 0.25) is 0 Å². The molecule has 18 heavy (non-hydrogen) atoms.